The SMILES string of the molecule is C.C.C.C.C.C.CSc1ccc(C)s1.Cc1ccc(Br)s1.Cc1ccc(C)s1.Cc1ccc(Cl)s1.Cc1cccnc1.Cc1ccsc1C. The number of halogens is 2. The number of hydrogen-bond donors (Lipinski definition) is 0. The van der Waals surface area contributed by atoms with Crippen LogP contribution in [-0.4, -0.2) is 11.2 Å². The summed E-state index contributed by atoms with van der Waals surface area (Å²) in [6, 6.07) is 22.7. The predicted molar refractivity (Wildman–Crippen MR) is 249 cm³/mol. The fraction of sp³-hybridized carbons (Fsp3) is 0.375. The summed E-state index contributed by atoms with van der Waals surface area (Å²) in [5.74, 6) is 0. The molecule has 280 valence electrons. The van der Waals surface area contributed by atoms with E-state index in [4.69, 9.17) is 11.6 Å². The van der Waals surface area contributed by atoms with E-state index in [1.807, 2.05) is 78.7 Å². The molecule has 6 heterocycles. The first kappa shape index (κ1) is 59.9. The number of hydrogen-bond acceptors (Lipinski definition) is 7. The Bertz CT molecular complexity index is 1370. The number of aryl methyl sites for hydroxylation is 8. The van der Waals surface area contributed by atoms with E-state index >= 15 is 0 Å². The van der Waals surface area contributed by atoms with E-state index in [0.29, 0.717) is 0 Å². The van der Waals surface area contributed by atoms with Crippen LogP contribution in [0.1, 0.15) is 84.9 Å². The largest absolute Gasteiger partial charge is 0.264 e. The topological polar surface area (TPSA) is 12.9 Å². The van der Waals surface area contributed by atoms with Crippen LogP contribution in [0, 0.1) is 55.4 Å². The average molecular weight is 868 g/mol. The molecule has 0 atom stereocenters. The molecule has 0 bridgehead atoms. The third-order valence-corrected chi connectivity index (χ3v) is 11.8. The van der Waals surface area contributed by atoms with E-state index in [0.717, 1.165) is 4.34 Å². The summed E-state index contributed by atoms with van der Waals surface area (Å²) in [6.07, 6.45) is 5.71. The van der Waals surface area contributed by atoms with Gasteiger partial charge in [-0.3, -0.25) is 4.98 Å². The molecule has 49 heavy (non-hydrogen) atoms. The molecule has 0 aliphatic carbocycles. The molecule has 0 saturated carbocycles. The van der Waals surface area contributed by atoms with Crippen molar-refractivity contribution >= 4 is 96.0 Å². The highest BCUT2D eigenvalue weighted by molar-refractivity contribution is 9.11. The Morgan fingerprint density at radius 3 is 1.24 bits per heavy atom. The van der Waals surface area contributed by atoms with Crippen molar-refractivity contribution in [1.82, 2.24) is 4.98 Å². The maximum Gasteiger partial charge on any atom is 0.0931 e. The molecular formula is C40H65BrClNS6. The number of rotatable bonds is 1. The summed E-state index contributed by atoms with van der Waals surface area (Å²) in [5.41, 5.74) is 2.62. The molecule has 0 unspecified atom stereocenters. The summed E-state index contributed by atoms with van der Waals surface area (Å²) in [7, 11) is 0. The lowest BCUT2D eigenvalue weighted by molar-refractivity contribution is 1.27. The van der Waals surface area contributed by atoms with E-state index in [1.54, 1.807) is 40.2 Å². The van der Waals surface area contributed by atoms with Crippen LogP contribution in [0.4, 0.5) is 0 Å². The predicted octanol–water partition coefficient (Wildman–Crippen LogP) is 18.2. The standard InChI is InChI=1S/C6H7N.C6H8S2.2C6H8S.C5H5BrS.C5H5ClS.6CH4/c1-6-3-2-4-7-5-6;1-5-3-4-6(7-2)8-5;1-5-3-4-7-6(5)2;1-5-3-4-6(2)7-5;2*1-4-2-3-5(6)7-4;;;;;;/h2-5H,1H3;3-4H,1-2H3;2*3-4H,1-2H3;2*2-3H,1H3;6*1H4. The third-order valence-electron chi connectivity index (χ3n) is 5.13. The minimum absolute atomic E-state index is 0. The summed E-state index contributed by atoms with van der Waals surface area (Å²) < 4.78 is 3.49. The molecule has 0 radical (unpaired) electrons. The van der Waals surface area contributed by atoms with Crippen LogP contribution in [-0.2, 0) is 0 Å². The van der Waals surface area contributed by atoms with Gasteiger partial charge in [0, 0.05) is 41.7 Å². The first-order valence-electron chi connectivity index (χ1n) is 13.3. The van der Waals surface area contributed by atoms with Crippen molar-refractivity contribution in [1.29, 1.82) is 0 Å². The second-order valence-corrected chi connectivity index (χ2v) is 18.7. The molecular weight excluding hydrogens is 802 g/mol. The molecule has 1 nitrogen and oxygen atoms in total. The van der Waals surface area contributed by atoms with Crippen LogP contribution >= 0.6 is 96.0 Å². The van der Waals surface area contributed by atoms with Crippen LogP contribution in [0.5, 0.6) is 0 Å². The van der Waals surface area contributed by atoms with Gasteiger partial charge in [0.05, 0.1) is 12.3 Å². The van der Waals surface area contributed by atoms with Gasteiger partial charge in [-0.25, -0.2) is 0 Å². The molecule has 6 aromatic heterocycles. The second-order valence-electron chi connectivity index (χ2n) is 9.12. The lowest BCUT2D eigenvalue weighted by Gasteiger charge is -1.82. The quantitative estimate of drug-likeness (QED) is 0.153. The molecule has 0 aliphatic heterocycles. The molecule has 0 aliphatic rings. The minimum atomic E-state index is 0. The van der Waals surface area contributed by atoms with Gasteiger partial charge < -0.3 is 0 Å². The Morgan fingerprint density at radius 2 is 1.08 bits per heavy atom. The zero-order valence-corrected chi connectivity index (χ0v) is 33.5. The fourth-order valence-corrected chi connectivity index (χ4v) is 8.30. The van der Waals surface area contributed by atoms with Crippen molar-refractivity contribution in [3.05, 3.63) is 133 Å². The van der Waals surface area contributed by atoms with Gasteiger partial charge >= 0.3 is 0 Å². The van der Waals surface area contributed by atoms with Gasteiger partial charge in [-0.2, -0.15) is 0 Å². The summed E-state index contributed by atoms with van der Waals surface area (Å²) >= 11 is 19.6. The van der Waals surface area contributed by atoms with Crippen LogP contribution in [0.25, 0.3) is 0 Å². The molecule has 9 heteroatoms. The summed E-state index contributed by atoms with van der Waals surface area (Å²) in [6.45, 7) is 16.8. The van der Waals surface area contributed by atoms with Gasteiger partial charge in [-0.15, -0.1) is 68.4 Å². The molecule has 6 rings (SSSR count). The Labute approximate surface area is 341 Å². The van der Waals surface area contributed by atoms with Crippen LogP contribution < -0.4 is 0 Å². The van der Waals surface area contributed by atoms with Crippen molar-refractivity contribution in [3.63, 3.8) is 0 Å². The zero-order valence-electron chi connectivity index (χ0n) is 26.2. The van der Waals surface area contributed by atoms with E-state index in [-0.39, 0.29) is 44.6 Å². The Morgan fingerprint density at radius 1 is 0.592 bits per heavy atom. The molecule has 0 spiro atoms. The monoisotopic (exact) mass is 865 g/mol. The number of thiophene rings is 5. The first-order chi connectivity index (χ1) is 20.4. The smallest absolute Gasteiger partial charge is 0.0931 e. The molecule has 6 aromatic rings. The van der Waals surface area contributed by atoms with Gasteiger partial charge in [-0.05, 0) is 155 Å². The zero-order chi connectivity index (χ0) is 32.2. The minimum Gasteiger partial charge on any atom is -0.264 e. The maximum absolute atomic E-state index is 5.58. The lowest BCUT2D eigenvalue weighted by atomic mass is 10.3. The Balaban J connectivity index is -0.000000111. The van der Waals surface area contributed by atoms with Crippen LogP contribution in [0.3, 0.4) is 0 Å². The second kappa shape index (κ2) is 35.2. The van der Waals surface area contributed by atoms with Crippen molar-refractivity contribution in [2.45, 2.75) is 104 Å². The van der Waals surface area contributed by atoms with Gasteiger partial charge in [-0.1, -0.05) is 62.2 Å². The highest BCUT2D eigenvalue weighted by Gasteiger charge is 1.91. The van der Waals surface area contributed by atoms with Crippen molar-refractivity contribution in [2.24, 2.45) is 0 Å². The van der Waals surface area contributed by atoms with E-state index in [9.17, 15) is 0 Å². The number of aromatic nitrogens is 1. The van der Waals surface area contributed by atoms with Gasteiger partial charge in [0.15, 0.2) is 0 Å². The van der Waals surface area contributed by atoms with Gasteiger partial charge in [0.2, 0.25) is 0 Å². The highest BCUT2D eigenvalue weighted by atomic mass is 79.9. The molecule has 0 N–H and O–H groups in total. The number of thioether (sulfide) groups is 1. The first-order valence-corrected chi connectivity index (χ1v) is 19.9. The van der Waals surface area contributed by atoms with Crippen LogP contribution in [0.15, 0.2) is 92.5 Å². The fourth-order valence-electron chi connectivity index (χ4n) is 2.78. The van der Waals surface area contributed by atoms with Gasteiger partial charge in [0.1, 0.15) is 0 Å². The van der Waals surface area contributed by atoms with E-state index in [1.165, 1.54) is 48.4 Å². The van der Waals surface area contributed by atoms with Crippen molar-refractivity contribution in [2.75, 3.05) is 6.26 Å². The Hall–Kier alpha value is -1.23. The average Bonchev–Trinajstić information content (AvgIpc) is 3.80. The molecule has 0 aromatic carbocycles. The molecule has 0 fully saturated rings. The summed E-state index contributed by atoms with van der Waals surface area (Å²) in [4.78, 5) is 12.1. The lowest BCUT2D eigenvalue weighted by Crippen LogP contribution is -1.69. The highest BCUT2D eigenvalue weighted by Crippen LogP contribution is 2.24. The number of pyridine rings is 1. The van der Waals surface area contributed by atoms with E-state index in [2.05, 4.69) is 117 Å². The number of nitrogens with zero attached hydrogens (tertiary/aromatic N) is 1. The summed E-state index contributed by atoms with van der Waals surface area (Å²) in [5, 5.41) is 2.12. The van der Waals surface area contributed by atoms with E-state index < -0.39 is 0 Å². The molecule has 0 saturated heterocycles. The third kappa shape index (κ3) is 31.3. The van der Waals surface area contributed by atoms with Crippen molar-refractivity contribution < 1.29 is 0 Å². The van der Waals surface area contributed by atoms with Gasteiger partial charge in [0.25, 0.3) is 0 Å². The Kier molecular flexibility index (Phi) is 43.0. The maximum atomic E-state index is 5.58. The van der Waals surface area contributed by atoms with Crippen molar-refractivity contribution in [3.8, 4) is 0 Å². The van der Waals surface area contributed by atoms with Crippen LogP contribution in [0.2, 0.25) is 4.34 Å². The normalized spacial score (nSPS) is 8.22. The molecule has 0 amide bonds.